The number of aliphatic imine (C=N–C) groups is 1. The Hall–Kier alpha value is -2.47. The van der Waals surface area contributed by atoms with Gasteiger partial charge in [0.2, 0.25) is 5.91 Å². The maximum absolute atomic E-state index is 13.0. The lowest BCUT2D eigenvalue weighted by Crippen LogP contribution is -2.36. The van der Waals surface area contributed by atoms with Crippen LogP contribution in [-0.4, -0.2) is 29.0 Å². The smallest absolute Gasteiger partial charge is 0.233 e. The van der Waals surface area contributed by atoms with Crippen LogP contribution in [0, 0.1) is 11.3 Å². The van der Waals surface area contributed by atoms with Gasteiger partial charge in [-0.05, 0) is 69.1 Å². The van der Waals surface area contributed by atoms with Crippen LogP contribution in [0.3, 0.4) is 0 Å². The number of Topliss-reactive ketones (excluding diaryl/α,β-unsaturated/α-hetero) is 1. The van der Waals surface area contributed by atoms with Crippen molar-refractivity contribution < 1.29 is 9.59 Å². The predicted molar refractivity (Wildman–Crippen MR) is 141 cm³/mol. The molecule has 0 bridgehead atoms. The lowest BCUT2D eigenvalue weighted by atomic mass is 9.73. The molecule has 6 heteroatoms. The van der Waals surface area contributed by atoms with Gasteiger partial charge in [-0.3, -0.25) is 9.59 Å². The Bertz CT molecular complexity index is 1020. The number of rotatable bonds is 5. The Balaban J connectivity index is 0.000000189. The van der Waals surface area contributed by atoms with Crippen molar-refractivity contribution in [2.75, 3.05) is 6.54 Å². The second-order valence-electron chi connectivity index (χ2n) is 10.7. The first-order valence-corrected chi connectivity index (χ1v) is 13.6. The Morgan fingerprint density at radius 3 is 2.49 bits per heavy atom. The summed E-state index contributed by atoms with van der Waals surface area (Å²) in [6.07, 6.45) is 12.6. The van der Waals surface area contributed by atoms with Crippen molar-refractivity contribution in [3.63, 3.8) is 0 Å². The summed E-state index contributed by atoms with van der Waals surface area (Å²) in [6.45, 7) is 5.43. The van der Waals surface area contributed by atoms with Gasteiger partial charge < -0.3 is 16.4 Å². The summed E-state index contributed by atoms with van der Waals surface area (Å²) in [6, 6.07) is 6.11. The number of amidine groups is 1. The minimum absolute atomic E-state index is 0.0987. The molecule has 1 amide bonds. The van der Waals surface area contributed by atoms with Crippen LogP contribution in [0.1, 0.15) is 95.6 Å². The first kappa shape index (κ1) is 25.6. The Kier molecular flexibility index (Phi) is 8.10. The molecule has 2 saturated carbocycles. The van der Waals surface area contributed by atoms with Gasteiger partial charge in [-0.25, -0.2) is 4.99 Å². The van der Waals surface area contributed by atoms with E-state index in [9.17, 15) is 9.59 Å². The molecule has 0 aromatic heterocycles. The lowest BCUT2D eigenvalue weighted by molar-refractivity contribution is -0.136. The van der Waals surface area contributed by atoms with E-state index in [-0.39, 0.29) is 11.3 Å². The molecule has 35 heavy (non-hydrogen) atoms. The average molecular weight is 479 g/mol. The number of benzene rings is 1. The molecule has 3 fully saturated rings. The zero-order valence-electron chi connectivity index (χ0n) is 21.6. The highest BCUT2D eigenvalue weighted by Crippen LogP contribution is 2.46. The molecule has 1 aromatic carbocycles. The quantitative estimate of drug-likeness (QED) is 0.560. The number of likely N-dealkylation sites (tertiary alicyclic amines) is 1. The molecule has 1 aromatic rings. The minimum Gasteiger partial charge on any atom is -0.387 e. The number of aryl methyl sites for hydroxylation is 1. The van der Waals surface area contributed by atoms with E-state index in [1.54, 1.807) is 0 Å². The zero-order valence-corrected chi connectivity index (χ0v) is 21.6. The van der Waals surface area contributed by atoms with E-state index in [4.69, 9.17) is 11.5 Å². The number of amides is 1. The number of ketones is 1. The maximum atomic E-state index is 13.0. The van der Waals surface area contributed by atoms with E-state index in [1.807, 2.05) is 24.0 Å². The van der Waals surface area contributed by atoms with Gasteiger partial charge in [0, 0.05) is 36.7 Å². The van der Waals surface area contributed by atoms with E-state index >= 15 is 0 Å². The third-order valence-corrected chi connectivity index (χ3v) is 8.56. The van der Waals surface area contributed by atoms with E-state index in [2.05, 4.69) is 18.0 Å². The van der Waals surface area contributed by atoms with Crippen LogP contribution in [0.25, 0.3) is 0 Å². The molecule has 190 valence electrons. The number of hydrogen-bond acceptors (Lipinski definition) is 5. The summed E-state index contributed by atoms with van der Waals surface area (Å²) in [4.78, 5) is 31.8. The number of fused-ring (bicyclic) bond motifs is 1. The number of hydrogen-bond donors (Lipinski definition) is 2. The molecule has 1 saturated heterocycles. The second kappa shape index (κ2) is 11.1. The monoisotopic (exact) mass is 478 g/mol. The molecule has 0 unspecified atom stereocenters. The molecule has 0 atom stereocenters. The largest absolute Gasteiger partial charge is 0.387 e. The second-order valence-corrected chi connectivity index (χ2v) is 10.7. The van der Waals surface area contributed by atoms with Gasteiger partial charge in [0.25, 0.3) is 0 Å². The van der Waals surface area contributed by atoms with E-state index < -0.39 is 0 Å². The van der Waals surface area contributed by atoms with Gasteiger partial charge in [0.1, 0.15) is 0 Å². The molecule has 2 aliphatic heterocycles. The van der Waals surface area contributed by atoms with Crippen molar-refractivity contribution in [2.24, 2.45) is 27.8 Å². The van der Waals surface area contributed by atoms with E-state index in [1.165, 1.54) is 31.2 Å². The number of carbonyl (C=O) groups excluding carboxylic acids is 2. The fourth-order valence-corrected chi connectivity index (χ4v) is 6.10. The van der Waals surface area contributed by atoms with Gasteiger partial charge in [-0.15, -0.1) is 0 Å². The molecule has 1 spiro atoms. The van der Waals surface area contributed by atoms with Crippen molar-refractivity contribution in [3.8, 4) is 0 Å². The van der Waals surface area contributed by atoms with Crippen molar-refractivity contribution >= 4 is 23.2 Å². The van der Waals surface area contributed by atoms with Crippen molar-refractivity contribution in [1.82, 2.24) is 4.90 Å². The first-order chi connectivity index (χ1) is 16.9. The van der Waals surface area contributed by atoms with Crippen LogP contribution in [0.5, 0.6) is 0 Å². The van der Waals surface area contributed by atoms with Crippen LogP contribution in [0.15, 0.2) is 34.5 Å². The average Bonchev–Trinajstić information content (AvgIpc) is 3.14. The first-order valence-electron chi connectivity index (χ1n) is 13.6. The van der Waals surface area contributed by atoms with Crippen LogP contribution in [0.4, 0.5) is 5.69 Å². The summed E-state index contributed by atoms with van der Waals surface area (Å²) in [7, 11) is 0. The topological polar surface area (TPSA) is 102 Å². The molecule has 6 nitrogen and oxygen atoms in total. The highest BCUT2D eigenvalue weighted by atomic mass is 16.2. The molecule has 2 aliphatic carbocycles. The number of nitrogens with two attached hydrogens (primary N) is 2. The maximum Gasteiger partial charge on any atom is 0.233 e. The summed E-state index contributed by atoms with van der Waals surface area (Å²) in [5.74, 6) is 1.56. The minimum atomic E-state index is -0.0987. The highest BCUT2D eigenvalue weighted by Gasteiger charge is 2.48. The van der Waals surface area contributed by atoms with Gasteiger partial charge in [0.15, 0.2) is 5.78 Å². The summed E-state index contributed by atoms with van der Waals surface area (Å²) in [5, 5.41) is 0. The summed E-state index contributed by atoms with van der Waals surface area (Å²) in [5.41, 5.74) is 16.4. The van der Waals surface area contributed by atoms with E-state index in [0.29, 0.717) is 18.2 Å². The van der Waals surface area contributed by atoms with Gasteiger partial charge in [-0.1, -0.05) is 44.7 Å². The molecular formula is C29H42N4O2. The lowest BCUT2D eigenvalue weighted by Gasteiger charge is -2.32. The Morgan fingerprint density at radius 1 is 1.11 bits per heavy atom. The summed E-state index contributed by atoms with van der Waals surface area (Å²) < 4.78 is 0. The van der Waals surface area contributed by atoms with Crippen LogP contribution < -0.4 is 11.5 Å². The van der Waals surface area contributed by atoms with Crippen molar-refractivity contribution in [3.05, 3.63) is 40.6 Å². The highest BCUT2D eigenvalue weighted by molar-refractivity contribution is 5.99. The molecular weight excluding hydrogens is 436 g/mol. The normalized spacial score (nSPS) is 22.0. The Labute approximate surface area is 210 Å². The third-order valence-electron chi connectivity index (χ3n) is 8.56. The van der Waals surface area contributed by atoms with E-state index in [0.717, 1.165) is 86.3 Å². The Morgan fingerprint density at radius 2 is 1.86 bits per heavy atom. The molecule has 2 heterocycles. The fraction of sp³-hybridized carbons (Fsp3) is 0.621. The van der Waals surface area contributed by atoms with Gasteiger partial charge in [-0.2, -0.15) is 0 Å². The van der Waals surface area contributed by atoms with Crippen molar-refractivity contribution in [1.29, 1.82) is 0 Å². The van der Waals surface area contributed by atoms with Crippen LogP contribution >= 0.6 is 0 Å². The van der Waals surface area contributed by atoms with Gasteiger partial charge in [0.05, 0.1) is 16.9 Å². The van der Waals surface area contributed by atoms with Crippen LogP contribution in [-0.2, 0) is 22.6 Å². The third kappa shape index (κ3) is 5.37. The van der Waals surface area contributed by atoms with Crippen LogP contribution in [0.2, 0.25) is 0 Å². The van der Waals surface area contributed by atoms with Crippen molar-refractivity contribution in [2.45, 2.75) is 97.4 Å². The molecule has 4 N–H and O–H groups in total. The summed E-state index contributed by atoms with van der Waals surface area (Å²) >= 11 is 0. The zero-order chi connectivity index (χ0) is 25.0. The van der Waals surface area contributed by atoms with Gasteiger partial charge >= 0.3 is 0 Å². The standard InChI is InChI=1S/C19H29NO2.C10H13N3/c1-3-16(14(2)17(21)15-8-7-9-15)20-13-12-19(18(20)22)10-5-4-6-11-19;11-6-7-1-3-9-8(5-7)2-4-10(12)13-9/h15H,3-13H2,1-2H3;1,3,5H,2,4,6,11H2,(H2,12,13)/b16-14+;. The SMILES string of the molecule is CC/C(=C(/C)C(=O)C1CCC1)N1CCC2(CCCCC2)C1=O.NCc1ccc2c(c1)CCC(N)=N2. The molecule has 4 aliphatic rings. The molecule has 0 radical (unpaired) electrons. The number of allylic oxidation sites excluding steroid dienone is 2. The number of nitrogens with zero attached hydrogens (tertiary/aromatic N) is 2. The number of carbonyl (C=O) groups is 2. The predicted octanol–water partition coefficient (Wildman–Crippen LogP) is 5.30. The fourth-order valence-electron chi connectivity index (χ4n) is 6.10. The molecule has 5 rings (SSSR count).